The maximum atomic E-state index is 12.3. The van der Waals surface area contributed by atoms with Crippen molar-refractivity contribution in [3.8, 4) is 11.5 Å². The number of methoxy groups -OCH3 is 1. The second-order valence-corrected chi connectivity index (χ2v) is 4.55. The van der Waals surface area contributed by atoms with Crippen LogP contribution in [0, 0.1) is 11.8 Å². The fourth-order valence-corrected chi connectivity index (χ4v) is 1.86. The first-order chi connectivity index (χ1) is 9.01. The first kappa shape index (κ1) is 13.6. The summed E-state index contributed by atoms with van der Waals surface area (Å²) < 4.78 is 33.8. The molecule has 1 aromatic carbocycles. The molecule has 1 fully saturated rings. The van der Waals surface area contributed by atoms with Gasteiger partial charge in [-0.05, 0) is 24.5 Å². The highest BCUT2D eigenvalue weighted by Gasteiger charge is 2.39. The summed E-state index contributed by atoms with van der Waals surface area (Å²) in [6, 6.07) is 4.39. The Bertz CT molecular complexity index is 479. The maximum absolute atomic E-state index is 12.3. The van der Waals surface area contributed by atoms with Gasteiger partial charge in [0.1, 0.15) is 0 Å². The molecular weight excluding hydrogens is 256 g/mol. The monoisotopic (exact) mass is 271 g/mol. The molecule has 1 aliphatic rings. The van der Waals surface area contributed by atoms with E-state index in [-0.39, 0.29) is 23.3 Å². The number of hydrogen-bond acceptors (Lipinski definition) is 3. The molecule has 0 radical (unpaired) electrons. The summed E-state index contributed by atoms with van der Waals surface area (Å²) in [5.74, 6) is 0.398. The Balaban J connectivity index is 2.10. The van der Waals surface area contributed by atoms with E-state index in [4.69, 9.17) is 4.74 Å². The molecule has 0 heterocycles. The number of nitrogens with one attached hydrogen (secondary N) is 1. The molecule has 0 unspecified atom stereocenters. The fourth-order valence-electron chi connectivity index (χ4n) is 1.86. The first-order valence-corrected chi connectivity index (χ1v) is 5.95. The normalized spacial score (nSPS) is 21.1. The number of hydrogen-bond donors (Lipinski definition) is 1. The van der Waals surface area contributed by atoms with Gasteiger partial charge in [0.05, 0.1) is 7.11 Å². The molecule has 0 saturated heterocycles. The molecular formula is C13H15F2NO3. The van der Waals surface area contributed by atoms with Crippen LogP contribution in [0.1, 0.15) is 13.3 Å². The number of carbonyl (C=O) groups is 1. The molecule has 2 atom stereocenters. The topological polar surface area (TPSA) is 47.6 Å². The van der Waals surface area contributed by atoms with E-state index in [9.17, 15) is 13.6 Å². The van der Waals surface area contributed by atoms with Crippen molar-refractivity contribution in [2.75, 3.05) is 12.4 Å². The van der Waals surface area contributed by atoms with E-state index in [1.54, 1.807) is 6.07 Å². The van der Waals surface area contributed by atoms with Crippen molar-refractivity contribution in [2.45, 2.75) is 20.0 Å². The minimum Gasteiger partial charge on any atom is -0.493 e. The van der Waals surface area contributed by atoms with Crippen LogP contribution in [0.5, 0.6) is 11.5 Å². The van der Waals surface area contributed by atoms with Crippen molar-refractivity contribution >= 4 is 11.6 Å². The number of alkyl halides is 2. The van der Waals surface area contributed by atoms with Gasteiger partial charge in [-0.15, -0.1) is 0 Å². The molecule has 2 rings (SSSR count). The molecule has 19 heavy (non-hydrogen) atoms. The van der Waals surface area contributed by atoms with Gasteiger partial charge in [0.2, 0.25) is 5.91 Å². The van der Waals surface area contributed by atoms with Crippen LogP contribution in [0.15, 0.2) is 18.2 Å². The lowest BCUT2D eigenvalue weighted by atomic mass is 10.2. The number of ether oxygens (including phenoxy) is 2. The second-order valence-electron chi connectivity index (χ2n) is 4.55. The van der Waals surface area contributed by atoms with E-state index in [1.807, 2.05) is 6.92 Å². The average Bonchev–Trinajstić information content (AvgIpc) is 3.06. The SMILES string of the molecule is COc1ccc(NC(=O)[C@@H]2C[C@@H]2C)cc1OC(F)F. The summed E-state index contributed by atoms with van der Waals surface area (Å²) in [5.41, 5.74) is 0.417. The van der Waals surface area contributed by atoms with Crippen LogP contribution in [0.25, 0.3) is 0 Å². The molecule has 4 nitrogen and oxygen atoms in total. The average molecular weight is 271 g/mol. The number of carbonyl (C=O) groups excluding carboxylic acids is 1. The first-order valence-electron chi connectivity index (χ1n) is 5.95. The summed E-state index contributed by atoms with van der Waals surface area (Å²) in [6.07, 6.45) is 0.863. The predicted octanol–water partition coefficient (Wildman–Crippen LogP) is 2.89. The molecule has 1 N–H and O–H groups in total. The zero-order chi connectivity index (χ0) is 14.0. The molecule has 0 aromatic heterocycles. The van der Waals surface area contributed by atoms with E-state index in [0.717, 1.165) is 6.42 Å². The van der Waals surface area contributed by atoms with Gasteiger partial charge in [0.25, 0.3) is 0 Å². The lowest BCUT2D eigenvalue weighted by molar-refractivity contribution is -0.117. The lowest BCUT2D eigenvalue weighted by Crippen LogP contribution is -2.14. The minimum absolute atomic E-state index is 0.0153. The summed E-state index contributed by atoms with van der Waals surface area (Å²) in [6.45, 7) is -0.952. The van der Waals surface area contributed by atoms with Crippen molar-refractivity contribution in [2.24, 2.45) is 11.8 Å². The highest BCUT2D eigenvalue weighted by Crippen LogP contribution is 2.39. The number of benzene rings is 1. The quantitative estimate of drug-likeness (QED) is 0.895. The highest BCUT2D eigenvalue weighted by atomic mass is 19.3. The van der Waals surface area contributed by atoms with Gasteiger partial charge in [-0.3, -0.25) is 4.79 Å². The standard InChI is InChI=1S/C13H15F2NO3/c1-7-5-9(7)12(17)16-8-3-4-10(18-2)11(6-8)19-13(14)15/h3-4,6-7,9,13H,5H2,1-2H3,(H,16,17)/t7-,9+/m0/s1. The van der Waals surface area contributed by atoms with Gasteiger partial charge in [-0.25, -0.2) is 0 Å². The predicted molar refractivity (Wildman–Crippen MR) is 65.5 cm³/mol. The second kappa shape index (κ2) is 5.42. The zero-order valence-corrected chi connectivity index (χ0v) is 10.7. The smallest absolute Gasteiger partial charge is 0.387 e. The molecule has 0 bridgehead atoms. The summed E-state index contributed by atoms with van der Waals surface area (Å²) in [7, 11) is 1.36. The Kier molecular flexibility index (Phi) is 3.87. The van der Waals surface area contributed by atoms with E-state index in [1.165, 1.54) is 19.2 Å². The Morgan fingerprint density at radius 1 is 1.42 bits per heavy atom. The minimum atomic E-state index is -2.94. The van der Waals surface area contributed by atoms with Gasteiger partial charge in [0.15, 0.2) is 11.5 Å². The van der Waals surface area contributed by atoms with Crippen molar-refractivity contribution in [3.05, 3.63) is 18.2 Å². The highest BCUT2D eigenvalue weighted by molar-refractivity contribution is 5.94. The van der Waals surface area contributed by atoms with Gasteiger partial charge in [-0.2, -0.15) is 8.78 Å². The lowest BCUT2D eigenvalue weighted by Gasteiger charge is -2.12. The van der Waals surface area contributed by atoms with Crippen molar-refractivity contribution in [1.29, 1.82) is 0 Å². The molecule has 0 aliphatic heterocycles. The van der Waals surface area contributed by atoms with Gasteiger partial charge < -0.3 is 14.8 Å². The van der Waals surface area contributed by atoms with Crippen molar-refractivity contribution in [3.63, 3.8) is 0 Å². The Morgan fingerprint density at radius 2 is 2.11 bits per heavy atom. The number of amides is 1. The Hall–Kier alpha value is -1.85. The fraction of sp³-hybridized carbons (Fsp3) is 0.462. The largest absolute Gasteiger partial charge is 0.493 e. The van der Waals surface area contributed by atoms with Crippen LogP contribution in [-0.2, 0) is 4.79 Å². The van der Waals surface area contributed by atoms with Crippen molar-refractivity contribution < 1.29 is 23.0 Å². The zero-order valence-electron chi connectivity index (χ0n) is 10.7. The molecule has 104 valence electrons. The molecule has 1 aromatic rings. The van der Waals surface area contributed by atoms with Crippen LogP contribution in [0.4, 0.5) is 14.5 Å². The summed E-state index contributed by atoms with van der Waals surface area (Å²) in [4.78, 5) is 11.7. The maximum Gasteiger partial charge on any atom is 0.387 e. The van der Waals surface area contributed by atoms with Gasteiger partial charge >= 0.3 is 6.61 Å². The van der Waals surface area contributed by atoms with E-state index in [2.05, 4.69) is 10.1 Å². The number of halogens is 2. The van der Waals surface area contributed by atoms with Crippen LogP contribution >= 0.6 is 0 Å². The molecule has 1 aliphatic carbocycles. The van der Waals surface area contributed by atoms with Gasteiger partial charge in [0, 0.05) is 17.7 Å². The molecule has 1 amide bonds. The Morgan fingerprint density at radius 3 is 2.63 bits per heavy atom. The third-order valence-corrected chi connectivity index (χ3v) is 3.09. The number of anilines is 1. The molecule has 0 spiro atoms. The van der Waals surface area contributed by atoms with E-state index >= 15 is 0 Å². The summed E-state index contributed by atoms with van der Waals surface area (Å²) in [5, 5.41) is 2.68. The van der Waals surface area contributed by atoms with E-state index < -0.39 is 6.61 Å². The third-order valence-electron chi connectivity index (χ3n) is 3.09. The van der Waals surface area contributed by atoms with Crippen molar-refractivity contribution in [1.82, 2.24) is 0 Å². The van der Waals surface area contributed by atoms with Crippen LogP contribution in [-0.4, -0.2) is 19.6 Å². The molecule has 1 saturated carbocycles. The van der Waals surface area contributed by atoms with Crippen LogP contribution in [0.3, 0.4) is 0 Å². The summed E-state index contributed by atoms with van der Waals surface area (Å²) >= 11 is 0. The Labute approximate surface area is 109 Å². The third kappa shape index (κ3) is 3.33. The van der Waals surface area contributed by atoms with Gasteiger partial charge in [-0.1, -0.05) is 6.92 Å². The van der Waals surface area contributed by atoms with Crippen LogP contribution in [0.2, 0.25) is 0 Å². The van der Waals surface area contributed by atoms with Crippen LogP contribution < -0.4 is 14.8 Å². The molecule has 6 heteroatoms. The number of rotatable bonds is 5. The van der Waals surface area contributed by atoms with E-state index in [0.29, 0.717) is 11.6 Å².